The molecular formula is C10H18O2. The molecule has 12 heavy (non-hydrogen) atoms. The van der Waals surface area contributed by atoms with Gasteiger partial charge in [0.25, 0.3) is 0 Å². The third-order valence-electron chi connectivity index (χ3n) is 2.97. The van der Waals surface area contributed by atoms with E-state index in [1.165, 1.54) is 32.1 Å². The lowest BCUT2D eigenvalue weighted by Gasteiger charge is -2.37. The van der Waals surface area contributed by atoms with E-state index < -0.39 is 0 Å². The maximum absolute atomic E-state index is 5.91. The van der Waals surface area contributed by atoms with E-state index in [1.54, 1.807) is 0 Å². The maximum atomic E-state index is 5.91. The fraction of sp³-hybridized carbons (Fsp3) is 1.00. The summed E-state index contributed by atoms with van der Waals surface area (Å²) in [5.74, 6) is 0. The molecule has 0 amide bonds. The fourth-order valence-electron chi connectivity index (χ4n) is 1.97. The number of ether oxygens (including phenoxy) is 2. The SMILES string of the molecule is CC1OCC1OC1CCCCC1. The molecule has 2 heteroatoms. The molecule has 2 unspecified atom stereocenters. The van der Waals surface area contributed by atoms with Gasteiger partial charge in [-0.15, -0.1) is 0 Å². The minimum Gasteiger partial charge on any atom is -0.373 e. The molecule has 0 bridgehead atoms. The molecular weight excluding hydrogens is 152 g/mol. The molecule has 0 N–H and O–H groups in total. The topological polar surface area (TPSA) is 18.5 Å². The Morgan fingerprint density at radius 3 is 2.42 bits per heavy atom. The van der Waals surface area contributed by atoms with Crippen LogP contribution in [0.15, 0.2) is 0 Å². The second kappa shape index (κ2) is 3.75. The van der Waals surface area contributed by atoms with Crippen LogP contribution in [0.1, 0.15) is 39.0 Å². The largest absolute Gasteiger partial charge is 0.373 e. The second-order valence-corrected chi connectivity index (χ2v) is 3.97. The van der Waals surface area contributed by atoms with Crippen LogP contribution in [0.25, 0.3) is 0 Å². The molecule has 1 saturated heterocycles. The van der Waals surface area contributed by atoms with Gasteiger partial charge in [-0.05, 0) is 19.8 Å². The molecule has 2 fully saturated rings. The summed E-state index contributed by atoms with van der Waals surface area (Å²) >= 11 is 0. The Labute approximate surface area is 74.2 Å². The molecule has 70 valence electrons. The van der Waals surface area contributed by atoms with Gasteiger partial charge in [0.15, 0.2) is 0 Å². The maximum Gasteiger partial charge on any atom is 0.107 e. The van der Waals surface area contributed by atoms with Crippen molar-refractivity contribution in [2.24, 2.45) is 0 Å². The standard InChI is InChI=1S/C10H18O2/c1-8-10(7-11-8)12-9-5-3-2-4-6-9/h8-10H,2-7H2,1H3. The van der Waals surface area contributed by atoms with E-state index in [4.69, 9.17) is 9.47 Å². The minimum atomic E-state index is 0.340. The van der Waals surface area contributed by atoms with Crippen molar-refractivity contribution in [1.29, 1.82) is 0 Å². The van der Waals surface area contributed by atoms with Crippen LogP contribution in [0.2, 0.25) is 0 Å². The van der Waals surface area contributed by atoms with Crippen molar-refractivity contribution in [3.8, 4) is 0 Å². The molecule has 1 saturated carbocycles. The summed E-state index contributed by atoms with van der Waals surface area (Å²) in [7, 11) is 0. The van der Waals surface area contributed by atoms with Gasteiger partial charge in [0.05, 0.1) is 18.8 Å². The first-order valence-electron chi connectivity index (χ1n) is 5.13. The lowest BCUT2D eigenvalue weighted by atomic mass is 9.97. The zero-order valence-corrected chi connectivity index (χ0v) is 7.79. The van der Waals surface area contributed by atoms with E-state index in [0.717, 1.165) is 6.61 Å². The zero-order chi connectivity index (χ0) is 8.39. The van der Waals surface area contributed by atoms with Crippen LogP contribution in [0.4, 0.5) is 0 Å². The molecule has 0 aromatic heterocycles. The van der Waals surface area contributed by atoms with Gasteiger partial charge in [-0.2, -0.15) is 0 Å². The molecule has 2 aliphatic rings. The van der Waals surface area contributed by atoms with Crippen molar-refractivity contribution < 1.29 is 9.47 Å². The Morgan fingerprint density at radius 1 is 1.17 bits per heavy atom. The summed E-state index contributed by atoms with van der Waals surface area (Å²) in [5.41, 5.74) is 0. The molecule has 0 spiro atoms. The minimum absolute atomic E-state index is 0.340. The molecule has 2 rings (SSSR count). The van der Waals surface area contributed by atoms with Crippen LogP contribution >= 0.6 is 0 Å². The number of hydrogen-bond donors (Lipinski definition) is 0. The predicted octanol–water partition coefficient (Wildman–Crippen LogP) is 2.12. The Kier molecular flexibility index (Phi) is 2.66. The van der Waals surface area contributed by atoms with E-state index in [2.05, 4.69) is 6.92 Å². The molecule has 0 aromatic carbocycles. The first kappa shape index (κ1) is 8.52. The van der Waals surface area contributed by atoms with Gasteiger partial charge in [0.1, 0.15) is 6.10 Å². The highest BCUT2D eigenvalue weighted by Crippen LogP contribution is 2.25. The fourth-order valence-corrected chi connectivity index (χ4v) is 1.97. The molecule has 0 aromatic rings. The molecule has 1 aliphatic heterocycles. The van der Waals surface area contributed by atoms with Gasteiger partial charge in [-0.3, -0.25) is 0 Å². The lowest BCUT2D eigenvalue weighted by Crippen LogP contribution is -2.46. The van der Waals surface area contributed by atoms with Crippen molar-refractivity contribution >= 4 is 0 Å². The van der Waals surface area contributed by atoms with Crippen molar-refractivity contribution in [2.75, 3.05) is 6.61 Å². The quantitative estimate of drug-likeness (QED) is 0.632. The van der Waals surface area contributed by atoms with Gasteiger partial charge in [0.2, 0.25) is 0 Å². The number of rotatable bonds is 2. The van der Waals surface area contributed by atoms with Gasteiger partial charge in [-0.25, -0.2) is 0 Å². The van der Waals surface area contributed by atoms with Crippen LogP contribution in [0, 0.1) is 0 Å². The van der Waals surface area contributed by atoms with Crippen LogP contribution in [0.5, 0.6) is 0 Å². The predicted molar refractivity (Wildman–Crippen MR) is 47.2 cm³/mol. The highest BCUT2D eigenvalue weighted by Gasteiger charge is 2.31. The average Bonchev–Trinajstić information content (AvgIpc) is 2.14. The highest BCUT2D eigenvalue weighted by molar-refractivity contribution is 4.78. The Hall–Kier alpha value is -0.0800. The lowest BCUT2D eigenvalue weighted by molar-refractivity contribution is -0.202. The molecule has 2 atom stereocenters. The van der Waals surface area contributed by atoms with Crippen LogP contribution in [0.3, 0.4) is 0 Å². The van der Waals surface area contributed by atoms with E-state index in [0.29, 0.717) is 18.3 Å². The monoisotopic (exact) mass is 170 g/mol. The first-order chi connectivity index (χ1) is 5.86. The summed E-state index contributed by atoms with van der Waals surface area (Å²) in [6.07, 6.45) is 7.91. The third-order valence-corrected chi connectivity index (χ3v) is 2.97. The van der Waals surface area contributed by atoms with E-state index >= 15 is 0 Å². The van der Waals surface area contributed by atoms with Crippen molar-refractivity contribution in [3.05, 3.63) is 0 Å². The van der Waals surface area contributed by atoms with Gasteiger partial charge < -0.3 is 9.47 Å². The average molecular weight is 170 g/mol. The van der Waals surface area contributed by atoms with Crippen LogP contribution in [-0.2, 0) is 9.47 Å². The molecule has 1 aliphatic carbocycles. The molecule has 2 nitrogen and oxygen atoms in total. The van der Waals surface area contributed by atoms with E-state index in [-0.39, 0.29) is 0 Å². The van der Waals surface area contributed by atoms with E-state index in [9.17, 15) is 0 Å². The van der Waals surface area contributed by atoms with Crippen LogP contribution < -0.4 is 0 Å². The normalized spacial score (nSPS) is 37.8. The molecule has 0 radical (unpaired) electrons. The smallest absolute Gasteiger partial charge is 0.107 e. The zero-order valence-electron chi connectivity index (χ0n) is 7.79. The van der Waals surface area contributed by atoms with Crippen molar-refractivity contribution in [3.63, 3.8) is 0 Å². The summed E-state index contributed by atoms with van der Waals surface area (Å²) in [6.45, 7) is 2.91. The Balaban J connectivity index is 1.70. The van der Waals surface area contributed by atoms with Gasteiger partial charge >= 0.3 is 0 Å². The summed E-state index contributed by atoms with van der Waals surface area (Å²) in [4.78, 5) is 0. The Morgan fingerprint density at radius 2 is 1.92 bits per heavy atom. The van der Waals surface area contributed by atoms with Gasteiger partial charge in [0, 0.05) is 0 Å². The first-order valence-corrected chi connectivity index (χ1v) is 5.13. The third kappa shape index (κ3) is 1.80. The second-order valence-electron chi connectivity index (χ2n) is 3.97. The highest BCUT2D eigenvalue weighted by atomic mass is 16.6. The van der Waals surface area contributed by atoms with E-state index in [1.807, 2.05) is 0 Å². The Bertz CT molecular complexity index is 141. The summed E-state index contributed by atoms with van der Waals surface area (Å²) in [6, 6.07) is 0. The summed E-state index contributed by atoms with van der Waals surface area (Å²) < 4.78 is 11.2. The van der Waals surface area contributed by atoms with Crippen molar-refractivity contribution in [1.82, 2.24) is 0 Å². The summed E-state index contributed by atoms with van der Waals surface area (Å²) in [5, 5.41) is 0. The number of hydrogen-bond acceptors (Lipinski definition) is 2. The molecule has 1 heterocycles. The van der Waals surface area contributed by atoms with Crippen LogP contribution in [-0.4, -0.2) is 24.9 Å². The van der Waals surface area contributed by atoms with Gasteiger partial charge in [-0.1, -0.05) is 19.3 Å². The van der Waals surface area contributed by atoms with Crippen molar-refractivity contribution in [2.45, 2.75) is 57.3 Å².